The number of ether oxygens (including phenoxy) is 1. The van der Waals surface area contributed by atoms with Gasteiger partial charge < -0.3 is 15.1 Å². The van der Waals surface area contributed by atoms with Crippen molar-refractivity contribution >= 4 is 28.9 Å². The molecular formula is C19H18ClNO4. The summed E-state index contributed by atoms with van der Waals surface area (Å²) in [5.41, 5.74) is 3.01. The number of carbonyl (C=O) groups is 1. The van der Waals surface area contributed by atoms with Gasteiger partial charge in [-0.05, 0) is 30.2 Å². The average molecular weight is 360 g/mol. The molecule has 0 amide bonds. The topological polar surface area (TPSA) is 79.1 Å². The standard InChI is InChI=1S/C19H18ClNO4/c1-12-4-3-5-15(16(11-25-2)19(22)23)18(12)17(21-24)10-13-6-8-14(20)9-7-13/h3-9,11,24H,10H2,1-2H3,(H,22,23)/b16-11+,21-17?. The lowest BCUT2D eigenvalue weighted by Gasteiger charge is -2.14. The molecule has 130 valence electrons. The highest BCUT2D eigenvalue weighted by Gasteiger charge is 2.20. The van der Waals surface area contributed by atoms with E-state index in [1.54, 1.807) is 24.3 Å². The maximum Gasteiger partial charge on any atom is 0.339 e. The van der Waals surface area contributed by atoms with Gasteiger partial charge in [0.15, 0.2) is 0 Å². The molecule has 0 spiro atoms. The molecule has 0 saturated carbocycles. The zero-order chi connectivity index (χ0) is 18.4. The fourth-order valence-electron chi connectivity index (χ4n) is 2.59. The summed E-state index contributed by atoms with van der Waals surface area (Å²) < 4.78 is 4.90. The summed E-state index contributed by atoms with van der Waals surface area (Å²) in [4.78, 5) is 11.6. The van der Waals surface area contributed by atoms with E-state index in [-0.39, 0.29) is 5.57 Å². The molecule has 2 N–H and O–H groups in total. The van der Waals surface area contributed by atoms with Crippen molar-refractivity contribution in [3.8, 4) is 0 Å². The van der Waals surface area contributed by atoms with Crippen LogP contribution in [-0.4, -0.2) is 29.1 Å². The van der Waals surface area contributed by atoms with Crippen LogP contribution in [0.3, 0.4) is 0 Å². The Morgan fingerprint density at radius 2 is 1.92 bits per heavy atom. The minimum atomic E-state index is -1.13. The van der Waals surface area contributed by atoms with Gasteiger partial charge in [0.1, 0.15) is 5.57 Å². The fourth-order valence-corrected chi connectivity index (χ4v) is 2.72. The van der Waals surface area contributed by atoms with Crippen LogP contribution in [0, 0.1) is 6.92 Å². The Hall–Kier alpha value is -2.79. The van der Waals surface area contributed by atoms with E-state index >= 15 is 0 Å². The maximum absolute atomic E-state index is 11.6. The molecule has 0 atom stereocenters. The zero-order valence-corrected chi connectivity index (χ0v) is 14.6. The molecular weight excluding hydrogens is 342 g/mol. The van der Waals surface area contributed by atoms with Gasteiger partial charge in [-0.2, -0.15) is 0 Å². The van der Waals surface area contributed by atoms with Crippen molar-refractivity contribution in [3.05, 3.63) is 76.0 Å². The van der Waals surface area contributed by atoms with Gasteiger partial charge in [-0.1, -0.05) is 47.1 Å². The monoisotopic (exact) mass is 359 g/mol. The molecule has 0 heterocycles. The van der Waals surface area contributed by atoms with Crippen LogP contribution in [0.1, 0.15) is 22.3 Å². The summed E-state index contributed by atoms with van der Waals surface area (Å²) in [7, 11) is 1.38. The molecule has 0 fully saturated rings. The molecule has 2 aromatic rings. The summed E-state index contributed by atoms with van der Waals surface area (Å²) in [6.45, 7) is 1.83. The number of hydrogen-bond donors (Lipinski definition) is 2. The Labute approximate surface area is 150 Å². The van der Waals surface area contributed by atoms with Crippen LogP contribution < -0.4 is 0 Å². The van der Waals surface area contributed by atoms with Crippen molar-refractivity contribution in [2.24, 2.45) is 5.16 Å². The molecule has 25 heavy (non-hydrogen) atoms. The third-order valence-corrected chi connectivity index (χ3v) is 3.98. The molecule has 0 aliphatic rings. The summed E-state index contributed by atoms with van der Waals surface area (Å²) in [5, 5.41) is 23.1. The van der Waals surface area contributed by atoms with Gasteiger partial charge in [-0.25, -0.2) is 4.79 Å². The highest BCUT2D eigenvalue weighted by molar-refractivity contribution is 6.30. The lowest BCUT2D eigenvalue weighted by atomic mass is 9.90. The van der Waals surface area contributed by atoms with Gasteiger partial charge in [0.2, 0.25) is 0 Å². The number of carboxylic acids is 1. The van der Waals surface area contributed by atoms with E-state index in [1.165, 1.54) is 7.11 Å². The first-order valence-electron chi connectivity index (χ1n) is 7.50. The highest BCUT2D eigenvalue weighted by Crippen LogP contribution is 2.25. The van der Waals surface area contributed by atoms with E-state index in [0.717, 1.165) is 17.4 Å². The number of hydrogen-bond acceptors (Lipinski definition) is 4. The summed E-state index contributed by atoms with van der Waals surface area (Å²) >= 11 is 5.89. The van der Waals surface area contributed by atoms with Crippen molar-refractivity contribution in [2.45, 2.75) is 13.3 Å². The van der Waals surface area contributed by atoms with Crippen LogP contribution in [0.2, 0.25) is 5.02 Å². The second-order valence-electron chi connectivity index (χ2n) is 5.42. The van der Waals surface area contributed by atoms with Crippen molar-refractivity contribution in [1.82, 2.24) is 0 Å². The number of oxime groups is 1. The largest absolute Gasteiger partial charge is 0.503 e. The molecule has 0 aromatic heterocycles. The maximum atomic E-state index is 11.6. The molecule has 0 aliphatic carbocycles. The van der Waals surface area contributed by atoms with E-state index < -0.39 is 5.97 Å². The second kappa shape index (κ2) is 8.35. The molecule has 0 unspecified atom stereocenters. The van der Waals surface area contributed by atoms with Crippen LogP contribution in [0.25, 0.3) is 5.57 Å². The van der Waals surface area contributed by atoms with Gasteiger partial charge in [0.05, 0.1) is 19.1 Å². The van der Waals surface area contributed by atoms with Crippen LogP contribution in [0.5, 0.6) is 0 Å². The molecule has 0 aliphatic heterocycles. The Morgan fingerprint density at radius 1 is 1.24 bits per heavy atom. The normalized spacial score (nSPS) is 12.1. The Bertz CT molecular complexity index is 826. The molecule has 2 rings (SSSR count). The number of rotatable bonds is 6. The first kappa shape index (κ1) is 18.5. The first-order valence-corrected chi connectivity index (χ1v) is 7.87. The first-order chi connectivity index (χ1) is 12.0. The number of benzene rings is 2. The van der Waals surface area contributed by atoms with Crippen molar-refractivity contribution in [3.63, 3.8) is 0 Å². The van der Waals surface area contributed by atoms with Crippen LogP contribution >= 0.6 is 11.6 Å². The Kier molecular flexibility index (Phi) is 6.19. The van der Waals surface area contributed by atoms with Gasteiger partial charge in [0.25, 0.3) is 0 Å². The average Bonchev–Trinajstić information content (AvgIpc) is 2.59. The Morgan fingerprint density at radius 3 is 2.48 bits per heavy atom. The van der Waals surface area contributed by atoms with Gasteiger partial charge >= 0.3 is 5.97 Å². The smallest absolute Gasteiger partial charge is 0.339 e. The number of carboxylic acid groups (broad SMARTS) is 1. The SMILES string of the molecule is CO/C=C(/C(=O)O)c1cccc(C)c1C(Cc1ccc(Cl)cc1)=NO. The molecule has 0 saturated heterocycles. The predicted octanol–water partition coefficient (Wildman–Crippen LogP) is 4.14. The van der Waals surface area contributed by atoms with Crippen molar-refractivity contribution in [2.75, 3.05) is 7.11 Å². The van der Waals surface area contributed by atoms with Crippen LogP contribution in [0.4, 0.5) is 0 Å². The van der Waals surface area contributed by atoms with Crippen molar-refractivity contribution < 1.29 is 19.8 Å². The summed E-state index contributed by atoms with van der Waals surface area (Å²) in [6, 6.07) is 12.4. The minimum absolute atomic E-state index is 0.0153. The van der Waals surface area contributed by atoms with Crippen LogP contribution in [0.15, 0.2) is 53.9 Å². The van der Waals surface area contributed by atoms with Gasteiger partial charge in [0, 0.05) is 22.6 Å². The Balaban J connectivity index is 2.54. The molecule has 5 nitrogen and oxygen atoms in total. The van der Waals surface area contributed by atoms with Crippen LogP contribution in [-0.2, 0) is 16.0 Å². The van der Waals surface area contributed by atoms with E-state index in [2.05, 4.69) is 5.16 Å². The number of aryl methyl sites for hydroxylation is 1. The molecule has 2 aromatic carbocycles. The minimum Gasteiger partial charge on any atom is -0.503 e. The third kappa shape index (κ3) is 4.39. The summed E-state index contributed by atoms with van der Waals surface area (Å²) in [6.07, 6.45) is 1.49. The van der Waals surface area contributed by atoms with Crippen molar-refractivity contribution in [1.29, 1.82) is 0 Å². The quantitative estimate of drug-likeness (QED) is 0.267. The number of methoxy groups -OCH3 is 1. The fraction of sp³-hybridized carbons (Fsp3) is 0.158. The summed E-state index contributed by atoms with van der Waals surface area (Å²) in [5.74, 6) is -1.13. The van der Waals surface area contributed by atoms with E-state index in [9.17, 15) is 15.1 Å². The van der Waals surface area contributed by atoms with E-state index in [1.807, 2.05) is 25.1 Å². The van der Waals surface area contributed by atoms with Gasteiger partial charge in [-0.3, -0.25) is 0 Å². The predicted molar refractivity (Wildman–Crippen MR) is 97.3 cm³/mol. The number of aliphatic carboxylic acids is 1. The zero-order valence-electron chi connectivity index (χ0n) is 13.9. The lowest BCUT2D eigenvalue weighted by molar-refractivity contribution is -0.130. The van der Waals surface area contributed by atoms with Gasteiger partial charge in [-0.15, -0.1) is 0 Å². The highest BCUT2D eigenvalue weighted by atomic mass is 35.5. The number of nitrogens with zero attached hydrogens (tertiary/aromatic N) is 1. The van der Waals surface area contributed by atoms with E-state index in [0.29, 0.717) is 28.3 Å². The molecule has 0 bridgehead atoms. The lowest BCUT2D eigenvalue weighted by Crippen LogP contribution is -2.13. The molecule has 6 heteroatoms. The second-order valence-corrected chi connectivity index (χ2v) is 5.86. The molecule has 0 radical (unpaired) electrons. The third-order valence-electron chi connectivity index (χ3n) is 3.72. The van der Waals surface area contributed by atoms with E-state index in [4.69, 9.17) is 16.3 Å². The number of halogens is 1.